The molecular formula is C10H11NO3. The van der Waals surface area contributed by atoms with Gasteiger partial charge in [-0.15, -0.1) is 0 Å². The second-order valence-electron chi connectivity index (χ2n) is 2.88. The maximum absolute atomic E-state index is 9.92. The van der Waals surface area contributed by atoms with Gasteiger partial charge >= 0.3 is 0 Å². The Morgan fingerprint density at radius 1 is 1.57 bits per heavy atom. The van der Waals surface area contributed by atoms with Crippen molar-refractivity contribution < 1.29 is 14.6 Å². The number of hydrogen-bond donors (Lipinski definition) is 1. The normalized spacial score (nSPS) is 9.29. The minimum absolute atomic E-state index is 0.0251. The lowest BCUT2D eigenvalue weighted by Gasteiger charge is -2.08. The summed E-state index contributed by atoms with van der Waals surface area (Å²) >= 11 is 0. The number of nitrogens with zero attached hydrogens (tertiary/aromatic N) is 1. The van der Waals surface area contributed by atoms with E-state index in [1.807, 2.05) is 6.92 Å². The van der Waals surface area contributed by atoms with E-state index in [2.05, 4.69) is 4.99 Å². The van der Waals surface area contributed by atoms with E-state index in [4.69, 9.17) is 4.74 Å². The summed E-state index contributed by atoms with van der Waals surface area (Å²) in [5, 5.41) is 9.63. The number of aryl methyl sites for hydroxylation is 1. The lowest BCUT2D eigenvalue weighted by molar-refractivity contribution is 0.370. The summed E-state index contributed by atoms with van der Waals surface area (Å²) in [5.41, 5.74) is 1.50. The third-order valence-electron chi connectivity index (χ3n) is 1.83. The van der Waals surface area contributed by atoms with Crippen LogP contribution in [-0.4, -0.2) is 18.3 Å². The Bertz CT molecular complexity index is 381. The first kappa shape index (κ1) is 10.3. The van der Waals surface area contributed by atoms with Gasteiger partial charge in [-0.05, 0) is 18.6 Å². The first-order chi connectivity index (χ1) is 6.69. The van der Waals surface area contributed by atoms with E-state index >= 15 is 0 Å². The van der Waals surface area contributed by atoms with Crippen molar-refractivity contribution in [2.45, 2.75) is 13.5 Å². The third-order valence-corrected chi connectivity index (χ3v) is 1.83. The van der Waals surface area contributed by atoms with Gasteiger partial charge in [0.15, 0.2) is 11.5 Å². The molecule has 0 bridgehead atoms. The zero-order chi connectivity index (χ0) is 10.6. The number of carbonyl (C=O) groups excluding carboxylic acids is 1. The van der Waals surface area contributed by atoms with Crippen LogP contribution in [0.4, 0.5) is 0 Å². The summed E-state index contributed by atoms with van der Waals surface area (Å²) in [6.45, 7) is 1.99. The quantitative estimate of drug-likeness (QED) is 0.585. The number of methoxy groups -OCH3 is 1. The molecule has 1 N–H and O–H groups in total. The minimum Gasteiger partial charge on any atom is -0.504 e. The number of ether oxygens (including phenoxy) is 1. The van der Waals surface area contributed by atoms with E-state index in [1.165, 1.54) is 13.2 Å². The Balaban J connectivity index is 3.14. The molecule has 0 unspecified atom stereocenters. The van der Waals surface area contributed by atoms with Gasteiger partial charge in [-0.2, -0.15) is 0 Å². The molecule has 74 valence electrons. The number of phenolic OH excluding ortho intramolecular Hbond substituents is 1. The van der Waals surface area contributed by atoms with Crippen LogP contribution in [0.1, 0.15) is 11.1 Å². The Morgan fingerprint density at radius 3 is 2.86 bits per heavy atom. The van der Waals surface area contributed by atoms with E-state index in [9.17, 15) is 9.90 Å². The molecule has 4 heteroatoms. The smallest absolute Gasteiger partial charge is 0.235 e. The Hall–Kier alpha value is -1.80. The molecule has 4 nitrogen and oxygen atoms in total. The highest BCUT2D eigenvalue weighted by Crippen LogP contribution is 2.31. The van der Waals surface area contributed by atoms with Crippen LogP contribution < -0.4 is 4.74 Å². The van der Waals surface area contributed by atoms with Crippen LogP contribution in [0, 0.1) is 6.92 Å². The van der Waals surface area contributed by atoms with Gasteiger partial charge in [-0.1, -0.05) is 6.07 Å². The summed E-state index contributed by atoms with van der Waals surface area (Å²) in [5.74, 6) is 0.415. The molecule has 0 aliphatic rings. The highest BCUT2D eigenvalue weighted by Gasteiger charge is 2.08. The van der Waals surface area contributed by atoms with Gasteiger partial charge in [0.25, 0.3) is 0 Å². The topological polar surface area (TPSA) is 58.9 Å². The molecule has 0 amide bonds. The van der Waals surface area contributed by atoms with Gasteiger partial charge in [0, 0.05) is 5.56 Å². The molecule has 0 heterocycles. The lowest BCUT2D eigenvalue weighted by Crippen LogP contribution is -1.90. The summed E-state index contributed by atoms with van der Waals surface area (Å²) in [7, 11) is 1.47. The predicted octanol–water partition coefficient (Wildman–Crippen LogP) is 1.55. The lowest BCUT2D eigenvalue weighted by atomic mass is 10.1. The van der Waals surface area contributed by atoms with Crippen molar-refractivity contribution in [2.75, 3.05) is 7.11 Å². The van der Waals surface area contributed by atoms with Crippen molar-refractivity contribution in [1.82, 2.24) is 0 Å². The maximum Gasteiger partial charge on any atom is 0.235 e. The number of hydrogen-bond acceptors (Lipinski definition) is 4. The van der Waals surface area contributed by atoms with E-state index in [0.29, 0.717) is 11.3 Å². The summed E-state index contributed by atoms with van der Waals surface area (Å²) in [6.07, 6.45) is 1.42. The number of isocyanates is 1. The Labute approximate surface area is 81.9 Å². The fraction of sp³-hybridized carbons (Fsp3) is 0.300. The second-order valence-corrected chi connectivity index (χ2v) is 2.88. The van der Waals surface area contributed by atoms with Crippen molar-refractivity contribution >= 4 is 6.08 Å². The van der Waals surface area contributed by atoms with Gasteiger partial charge in [0.05, 0.1) is 13.7 Å². The zero-order valence-corrected chi connectivity index (χ0v) is 8.07. The van der Waals surface area contributed by atoms with Crippen LogP contribution >= 0.6 is 0 Å². The number of phenols is 1. The van der Waals surface area contributed by atoms with Gasteiger partial charge in [-0.25, -0.2) is 9.79 Å². The molecule has 0 aromatic heterocycles. The van der Waals surface area contributed by atoms with Crippen molar-refractivity contribution in [2.24, 2.45) is 4.99 Å². The number of aromatic hydroxyl groups is 1. The van der Waals surface area contributed by atoms with Crippen LogP contribution in [0.5, 0.6) is 11.5 Å². The maximum atomic E-state index is 9.92. The molecule has 0 spiro atoms. The van der Waals surface area contributed by atoms with Crippen molar-refractivity contribution in [1.29, 1.82) is 0 Å². The Kier molecular flexibility index (Phi) is 3.26. The Morgan fingerprint density at radius 2 is 2.29 bits per heavy atom. The average molecular weight is 193 g/mol. The molecule has 14 heavy (non-hydrogen) atoms. The minimum atomic E-state index is 0.0251. The first-order valence-corrected chi connectivity index (χ1v) is 4.09. The highest BCUT2D eigenvalue weighted by atomic mass is 16.5. The van der Waals surface area contributed by atoms with Gasteiger partial charge < -0.3 is 9.84 Å². The van der Waals surface area contributed by atoms with E-state index < -0.39 is 0 Å². The van der Waals surface area contributed by atoms with Gasteiger partial charge in [0.1, 0.15) is 0 Å². The molecule has 0 aliphatic heterocycles. The van der Waals surface area contributed by atoms with Gasteiger partial charge in [-0.3, -0.25) is 0 Å². The number of aliphatic imine (C=N–C) groups is 1. The molecule has 1 aromatic rings. The zero-order valence-electron chi connectivity index (χ0n) is 8.07. The molecule has 0 aliphatic carbocycles. The predicted molar refractivity (Wildman–Crippen MR) is 51.2 cm³/mol. The van der Waals surface area contributed by atoms with Crippen molar-refractivity contribution in [3.05, 3.63) is 23.3 Å². The second kappa shape index (κ2) is 4.44. The average Bonchev–Trinajstić information content (AvgIpc) is 2.18. The fourth-order valence-electron chi connectivity index (χ4n) is 1.21. The SMILES string of the molecule is COc1cc(C)cc(CN=C=O)c1O. The van der Waals surface area contributed by atoms with Crippen LogP contribution in [0.25, 0.3) is 0 Å². The molecule has 0 saturated carbocycles. The summed E-state index contributed by atoms with van der Waals surface area (Å²) in [6, 6.07) is 3.46. The molecule has 0 atom stereocenters. The van der Waals surface area contributed by atoms with Crippen LogP contribution in [0.3, 0.4) is 0 Å². The number of rotatable bonds is 3. The van der Waals surface area contributed by atoms with E-state index in [1.54, 1.807) is 12.1 Å². The summed E-state index contributed by atoms with van der Waals surface area (Å²) < 4.78 is 4.96. The summed E-state index contributed by atoms with van der Waals surface area (Å²) in [4.78, 5) is 13.3. The van der Waals surface area contributed by atoms with Crippen molar-refractivity contribution in [3.8, 4) is 11.5 Å². The largest absolute Gasteiger partial charge is 0.504 e. The molecule has 0 radical (unpaired) electrons. The van der Waals surface area contributed by atoms with Crippen LogP contribution in [-0.2, 0) is 11.3 Å². The molecule has 0 fully saturated rings. The first-order valence-electron chi connectivity index (χ1n) is 4.09. The third kappa shape index (κ3) is 2.12. The molecule has 1 aromatic carbocycles. The van der Waals surface area contributed by atoms with Crippen LogP contribution in [0.2, 0.25) is 0 Å². The molecule has 0 saturated heterocycles. The van der Waals surface area contributed by atoms with Crippen molar-refractivity contribution in [3.63, 3.8) is 0 Å². The standard InChI is InChI=1S/C10H11NO3/c1-7-3-8(5-11-6-12)10(13)9(4-7)14-2/h3-4,13H,5H2,1-2H3. The van der Waals surface area contributed by atoms with Gasteiger partial charge in [0.2, 0.25) is 6.08 Å². The number of benzene rings is 1. The molecule has 1 rings (SSSR count). The van der Waals surface area contributed by atoms with Crippen LogP contribution in [0.15, 0.2) is 17.1 Å². The van der Waals surface area contributed by atoms with E-state index in [0.717, 1.165) is 5.56 Å². The van der Waals surface area contributed by atoms with E-state index in [-0.39, 0.29) is 12.3 Å². The fourth-order valence-corrected chi connectivity index (χ4v) is 1.21. The monoisotopic (exact) mass is 193 g/mol. The highest BCUT2D eigenvalue weighted by molar-refractivity contribution is 5.48. The molecular weight excluding hydrogens is 182 g/mol.